The SMILES string of the molecule is CCN=C1SC(=Cc2ccccc2OCc2ccc(C)cc2)C(=O)N1CC. The summed E-state index contributed by atoms with van der Waals surface area (Å²) in [6.07, 6.45) is 1.90. The Bertz CT molecular complexity index is 872. The van der Waals surface area contributed by atoms with Crippen LogP contribution in [0.2, 0.25) is 0 Å². The van der Waals surface area contributed by atoms with Gasteiger partial charge in [0.2, 0.25) is 0 Å². The smallest absolute Gasteiger partial charge is 0.266 e. The van der Waals surface area contributed by atoms with Crippen molar-refractivity contribution >= 4 is 28.9 Å². The van der Waals surface area contributed by atoms with Crippen LogP contribution in [0.1, 0.15) is 30.5 Å². The first kappa shape index (κ1) is 19.2. The summed E-state index contributed by atoms with van der Waals surface area (Å²) in [6, 6.07) is 16.1. The summed E-state index contributed by atoms with van der Waals surface area (Å²) in [4.78, 5) is 19.5. The molecule has 1 aliphatic rings. The molecule has 2 aromatic rings. The molecule has 0 aliphatic carbocycles. The Balaban J connectivity index is 1.81. The van der Waals surface area contributed by atoms with Crippen molar-refractivity contribution in [3.05, 3.63) is 70.1 Å². The molecule has 4 nitrogen and oxygen atoms in total. The van der Waals surface area contributed by atoms with Crippen molar-refractivity contribution in [2.45, 2.75) is 27.4 Å². The van der Waals surface area contributed by atoms with Crippen molar-refractivity contribution in [3.63, 3.8) is 0 Å². The first-order valence-corrected chi connectivity index (χ1v) is 9.97. The van der Waals surface area contributed by atoms with E-state index >= 15 is 0 Å². The number of amidine groups is 1. The maximum absolute atomic E-state index is 12.7. The fourth-order valence-corrected chi connectivity index (χ4v) is 3.85. The number of rotatable bonds is 6. The van der Waals surface area contributed by atoms with E-state index in [1.54, 1.807) is 4.90 Å². The minimum Gasteiger partial charge on any atom is -0.488 e. The van der Waals surface area contributed by atoms with Crippen LogP contribution in [0.3, 0.4) is 0 Å². The second kappa shape index (κ2) is 8.91. The van der Waals surface area contributed by atoms with Gasteiger partial charge in [-0.1, -0.05) is 48.0 Å². The number of carbonyl (C=O) groups excluding carboxylic acids is 1. The van der Waals surface area contributed by atoms with E-state index in [2.05, 4.69) is 36.2 Å². The van der Waals surface area contributed by atoms with Crippen LogP contribution in [0.4, 0.5) is 0 Å². The van der Waals surface area contributed by atoms with Crippen LogP contribution in [-0.2, 0) is 11.4 Å². The maximum atomic E-state index is 12.7. The normalized spacial score (nSPS) is 17.1. The standard InChI is InChI=1S/C22H24N2O2S/c1-4-23-22-24(5-2)21(25)20(27-22)14-18-8-6-7-9-19(18)26-15-17-12-10-16(3)11-13-17/h6-14H,4-5,15H2,1-3H3. The number of carbonyl (C=O) groups is 1. The van der Waals surface area contributed by atoms with E-state index in [1.807, 2.05) is 44.2 Å². The monoisotopic (exact) mass is 380 g/mol. The van der Waals surface area contributed by atoms with E-state index in [-0.39, 0.29) is 5.91 Å². The van der Waals surface area contributed by atoms with Gasteiger partial charge in [-0.05, 0) is 50.2 Å². The Kier molecular flexibility index (Phi) is 6.35. The molecule has 1 heterocycles. The van der Waals surface area contributed by atoms with Gasteiger partial charge in [-0.15, -0.1) is 0 Å². The van der Waals surface area contributed by atoms with Crippen LogP contribution >= 0.6 is 11.8 Å². The van der Waals surface area contributed by atoms with Gasteiger partial charge in [0.15, 0.2) is 5.17 Å². The maximum Gasteiger partial charge on any atom is 0.266 e. The third-order valence-electron chi connectivity index (χ3n) is 4.22. The molecule has 3 rings (SSSR count). The van der Waals surface area contributed by atoms with Crippen LogP contribution in [0.5, 0.6) is 5.75 Å². The van der Waals surface area contributed by atoms with Crippen molar-refractivity contribution < 1.29 is 9.53 Å². The van der Waals surface area contributed by atoms with Gasteiger partial charge in [0.25, 0.3) is 5.91 Å². The zero-order chi connectivity index (χ0) is 19.2. The second-order valence-corrected chi connectivity index (χ2v) is 7.24. The predicted molar refractivity (Wildman–Crippen MR) is 113 cm³/mol. The highest BCUT2D eigenvalue weighted by atomic mass is 32.2. The molecule has 1 fully saturated rings. The van der Waals surface area contributed by atoms with Gasteiger partial charge >= 0.3 is 0 Å². The Hall–Kier alpha value is -2.53. The largest absolute Gasteiger partial charge is 0.488 e. The molecule has 0 radical (unpaired) electrons. The number of ether oxygens (including phenoxy) is 1. The van der Waals surface area contributed by atoms with Crippen molar-refractivity contribution in [1.29, 1.82) is 0 Å². The molecule has 0 spiro atoms. The second-order valence-electron chi connectivity index (χ2n) is 6.23. The average molecular weight is 381 g/mol. The highest BCUT2D eigenvalue weighted by molar-refractivity contribution is 8.18. The fraction of sp³-hybridized carbons (Fsp3) is 0.273. The first-order chi connectivity index (χ1) is 13.1. The lowest BCUT2D eigenvalue weighted by Gasteiger charge is -2.11. The molecule has 0 unspecified atom stereocenters. The van der Waals surface area contributed by atoms with E-state index in [9.17, 15) is 4.79 Å². The van der Waals surface area contributed by atoms with Crippen LogP contribution < -0.4 is 4.74 Å². The summed E-state index contributed by atoms with van der Waals surface area (Å²) in [5, 5.41) is 0.773. The summed E-state index contributed by atoms with van der Waals surface area (Å²) < 4.78 is 6.03. The number of likely N-dealkylation sites (N-methyl/N-ethyl adjacent to an activating group) is 1. The van der Waals surface area contributed by atoms with Gasteiger partial charge in [-0.2, -0.15) is 0 Å². The molecule has 5 heteroatoms. The van der Waals surface area contributed by atoms with E-state index in [0.717, 1.165) is 22.0 Å². The van der Waals surface area contributed by atoms with Crippen LogP contribution in [0.15, 0.2) is 58.4 Å². The van der Waals surface area contributed by atoms with Gasteiger partial charge < -0.3 is 4.74 Å². The zero-order valence-corrected chi connectivity index (χ0v) is 16.8. The molecule has 0 N–H and O–H groups in total. The van der Waals surface area contributed by atoms with Crippen molar-refractivity contribution in [3.8, 4) is 5.75 Å². The minimum atomic E-state index is 0.00281. The Morgan fingerprint density at radius 2 is 1.85 bits per heavy atom. The van der Waals surface area contributed by atoms with E-state index < -0.39 is 0 Å². The molecule has 27 heavy (non-hydrogen) atoms. The topological polar surface area (TPSA) is 41.9 Å². The number of para-hydroxylation sites is 1. The Labute approximate surface area is 164 Å². The molecule has 0 saturated carbocycles. The lowest BCUT2D eigenvalue weighted by atomic mass is 10.1. The molecule has 2 aromatic carbocycles. The molecular formula is C22H24N2O2S. The Morgan fingerprint density at radius 1 is 1.11 bits per heavy atom. The molecule has 1 aliphatic heterocycles. The first-order valence-electron chi connectivity index (χ1n) is 9.15. The number of aliphatic imine (C=N–C) groups is 1. The molecule has 0 atom stereocenters. The number of hydrogen-bond acceptors (Lipinski definition) is 4. The summed E-state index contributed by atoms with van der Waals surface area (Å²) in [5.41, 5.74) is 3.24. The van der Waals surface area contributed by atoms with E-state index in [1.165, 1.54) is 17.3 Å². The van der Waals surface area contributed by atoms with Crippen LogP contribution in [-0.4, -0.2) is 29.1 Å². The van der Waals surface area contributed by atoms with Gasteiger partial charge in [0.1, 0.15) is 12.4 Å². The lowest BCUT2D eigenvalue weighted by Crippen LogP contribution is -2.28. The number of hydrogen-bond donors (Lipinski definition) is 0. The van der Waals surface area contributed by atoms with E-state index in [0.29, 0.717) is 24.6 Å². The molecule has 140 valence electrons. The third-order valence-corrected chi connectivity index (χ3v) is 5.26. The quantitative estimate of drug-likeness (QED) is 0.670. The van der Waals surface area contributed by atoms with Gasteiger partial charge in [-0.3, -0.25) is 14.7 Å². The van der Waals surface area contributed by atoms with Crippen molar-refractivity contribution in [2.24, 2.45) is 4.99 Å². The highest BCUT2D eigenvalue weighted by Gasteiger charge is 2.31. The lowest BCUT2D eigenvalue weighted by molar-refractivity contribution is -0.122. The molecule has 0 bridgehead atoms. The Morgan fingerprint density at radius 3 is 2.56 bits per heavy atom. The fourth-order valence-electron chi connectivity index (χ4n) is 2.76. The van der Waals surface area contributed by atoms with Crippen LogP contribution in [0, 0.1) is 6.92 Å². The number of thioether (sulfide) groups is 1. The molecule has 1 saturated heterocycles. The van der Waals surface area contributed by atoms with Gasteiger partial charge in [-0.25, -0.2) is 0 Å². The summed E-state index contributed by atoms with van der Waals surface area (Å²) in [5.74, 6) is 0.769. The number of aryl methyl sites for hydroxylation is 1. The molecule has 1 amide bonds. The summed E-state index contributed by atoms with van der Waals surface area (Å²) >= 11 is 1.43. The summed E-state index contributed by atoms with van der Waals surface area (Å²) in [7, 11) is 0. The van der Waals surface area contributed by atoms with Gasteiger partial charge in [0.05, 0.1) is 4.91 Å². The van der Waals surface area contributed by atoms with E-state index in [4.69, 9.17) is 4.74 Å². The minimum absolute atomic E-state index is 0.00281. The number of nitrogens with zero attached hydrogens (tertiary/aromatic N) is 2. The van der Waals surface area contributed by atoms with Crippen LogP contribution in [0.25, 0.3) is 6.08 Å². The molecule has 0 aromatic heterocycles. The van der Waals surface area contributed by atoms with Crippen molar-refractivity contribution in [1.82, 2.24) is 4.90 Å². The van der Waals surface area contributed by atoms with Gasteiger partial charge in [0, 0.05) is 18.7 Å². The highest BCUT2D eigenvalue weighted by Crippen LogP contribution is 2.34. The average Bonchev–Trinajstić information content (AvgIpc) is 2.97. The number of amides is 1. The number of benzene rings is 2. The molecular weight excluding hydrogens is 356 g/mol. The predicted octanol–water partition coefficient (Wildman–Crippen LogP) is 4.89. The summed E-state index contributed by atoms with van der Waals surface area (Å²) in [6.45, 7) is 7.78. The zero-order valence-electron chi connectivity index (χ0n) is 15.9. The third kappa shape index (κ3) is 4.61. The van der Waals surface area contributed by atoms with Crippen molar-refractivity contribution in [2.75, 3.05) is 13.1 Å².